The standard InChI is InChI=1S/C14H25N3O4/c1-9(2)14(21)17-7-5-10(6-8-17)16-13(20)11(15)3-4-12(18)19/h9-11H,3-8,15H2,1-2H3,(H,16,20)(H,18,19). The Bertz CT molecular complexity index is 390. The Kier molecular flexibility index (Phi) is 6.61. The van der Waals surface area contributed by atoms with Gasteiger partial charge in [0.15, 0.2) is 0 Å². The van der Waals surface area contributed by atoms with Crippen molar-refractivity contribution < 1.29 is 19.5 Å². The minimum Gasteiger partial charge on any atom is -0.481 e. The van der Waals surface area contributed by atoms with Gasteiger partial charge in [0.05, 0.1) is 6.04 Å². The molecule has 0 aromatic carbocycles. The molecule has 1 rings (SSSR count). The number of hydrogen-bond donors (Lipinski definition) is 3. The fourth-order valence-electron chi connectivity index (χ4n) is 2.33. The number of hydrogen-bond acceptors (Lipinski definition) is 4. The van der Waals surface area contributed by atoms with Gasteiger partial charge in [-0.25, -0.2) is 0 Å². The first-order valence-electron chi connectivity index (χ1n) is 7.37. The van der Waals surface area contributed by atoms with E-state index in [9.17, 15) is 14.4 Å². The number of carbonyl (C=O) groups is 3. The second kappa shape index (κ2) is 7.97. The van der Waals surface area contributed by atoms with Crippen LogP contribution in [0.5, 0.6) is 0 Å². The van der Waals surface area contributed by atoms with Crippen molar-refractivity contribution in [2.45, 2.75) is 51.6 Å². The van der Waals surface area contributed by atoms with Crippen LogP contribution in [0.15, 0.2) is 0 Å². The fraction of sp³-hybridized carbons (Fsp3) is 0.786. The number of nitrogens with one attached hydrogen (secondary N) is 1. The minimum absolute atomic E-state index is 0.00425. The van der Waals surface area contributed by atoms with Crippen molar-refractivity contribution in [1.82, 2.24) is 10.2 Å². The third kappa shape index (κ3) is 5.71. The van der Waals surface area contributed by atoms with E-state index < -0.39 is 12.0 Å². The van der Waals surface area contributed by atoms with Crippen LogP contribution in [-0.4, -0.2) is 53.0 Å². The molecule has 1 unspecified atom stereocenters. The molecule has 2 amide bonds. The number of likely N-dealkylation sites (tertiary alicyclic amines) is 1. The second-order valence-corrected chi connectivity index (χ2v) is 5.80. The molecule has 0 spiro atoms. The van der Waals surface area contributed by atoms with Crippen LogP contribution in [0, 0.1) is 5.92 Å². The van der Waals surface area contributed by atoms with Gasteiger partial charge in [0.1, 0.15) is 0 Å². The molecule has 7 heteroatoms. The maximum Gasteiger partial charge on any atom is 0.303 e. The second-order valence-electron chi connectivity index (χ2n) is 5.80. The van der Waals surface area contributed by atoms with Crippen LogP contribution in [0.25, 0.3) is 0 Å². The predicted molar refractivity (Wildman–Crippen MR) is 77.4 cm³/mol. The highest BCUT2D eigenvalue weighted by molar-refractivity contribution is 5.82. The SMILES string of the molecule is CC(C)C(=O)N1CCC(NC(=O)C(N)CCC(=O)O)CC1. The van der Waals surface area contributed by atoms with Gasteiger partial charge in [0, 0.05) is 31.5 Å². The molecular weight excluding hydrogens is 274 g/mol. The molecular formula is C14H25N3O4. The predicted octanol–water partition coefficient (Wildman–Crippen LogP) is -0.0583. The molecule has 1 heterocycles. The van der Waals surface area contributed by atoms with E-state index in [0.717, 1.165) is 0 Å². The van der Waals surface area contributed by atoms with Crippen molar-refractivity contribution in [3.63, 3.8) is 0 Å². The summed E-state index contributed by atoms with van der Waals surface area (Å²) in [5, 5.41) is 11.4. The molecule has 1 fully saturated rings. The van der Waals surface area contributed by atoms with Gasteiger partial charge in [0.25, 0.3) is 0 Å². The Hall–Kier alpha value is -1.63. The summed E-state index contributed by atoms with van der Waals surface area (Å²) in [6.07, 6.45) is 1.42. The molecule has 4 N–H and O–H groups in total. The Labute approximate surface area is 124 Å². The average Bonchev–Trinajstić information content (AvgIpc) is 2.44. The molecule has 1 atom stereocenters. The quantitative estimate of drug-likeness (QED) is 0.636. The number of carboxylic acid groups (broad SMARTS) is 1. The maximum absolute atomic E-state index is 11.8. The third-order valence-corrected chi connectivity index (χ3v) is 3.65. The van der Waals surface area contributed by atoms with E-state index in [2.05, 4.69) is 5.32 Å². The van der Waals surface area contributed by atoms with Crippen LogP contribution in [0.2, 0.25) is 0 Å². The molecule has 7 nitrogen and oxygen atoms in total. The van der Waals surface area contributed by atoms with Crippen LogP contribution in [0.3, 0.4) is 0 Å². The van der Waals surface area contributed by atoms with Crippen LogP contribution in [-0.2, 0) is 14.4 Å². The molecule has 120 valence electrons. The van der Waals surface area contributed by atoms with E-state index in [-0.39, 0.29) is 36.6 Å². The topological polar surface area (TPSA) is 113 Å². The lowest BCUT2D eigenvalue weighted by Gasteiger charge is -2.33. The zero-order valence-corrected chi connectivity index (χ0v) is 12.7. The summed E-state index contributed by atoms with van der Waals surface area (Å²) < 4.78 is 0. The van der Waals surface area contributed by atoms with Gasteiger partial charge in [-0.3, -0.25) is 14.4 Å². The van der Waals surface area contributed by atoms with E-state index in [0.29, 0.717) is 25.9 Å². The van der Waals surface area contributed by atoms with Crippen molar-refractivity contribution in [3.8, 4) is 0 Å². The van der Waals surface area contributed by atoms with Gasteiger partial charge >= 0.3 is 5.97 Å². The number of piperidine rings is 1. The average molecular weight is 299 g/mol. The third-order valence-electron chi connectivity index (χ3n) is 3.65. The summed E-state index contributed by atoms with van der Waals surface area (Å²) >= 11 is 0. The largest absolute Gasteiger partial charge is 0.481 e. The number of amides is 2. The van der Waals surface area contributed by atoms with Crippen molar-refractivity contribution in [2.24, 2.45) is 11.7 Å². The maximum atomic E-state index is 11.8. The monoisotopic (exact) mass is 299 g/mol. The van der Waals surface area contributed by atoms with Crippen molar-refractivity contribution in [2.75, 3.05) is 13.1 Å². The Morgan fingerprint density at radius 1 is 1.29 bits per heavy atom. The summed E-state index contributed by atoms with van der Waals surface area (Å²) in [7, 11) is 0. The zero-order chi connectivity index (χ0) is 16.0. The van der Waals surface area contributed by atoms with Gasteiger partial charge in [-0.2, -0.15) is 0 Å². The van der Waals surface area contributed by atoms with Gasteiger partial charge in [-0.15, -0.1) is 0 Å². The van der Waals surface area contributed by atoms with E-state index in [1.807, 2.05) is 18.7 Å². The Morgan fingerprint density at radius 2 is 1.86 bits per heavy atom. The highest BCUT2D eigenvalue weighted by Crippen LogP contribution is 2.13. The summed E-state index contributed by atoms with van der Waals surface area (Å²) in [6, 6.07) is -0.791. The highest BCUT2D eigenvalue weighted by atomic mass is 16.4. The van der Waals surface area contributed by atoms with Crippen LogP contribution >= 0.6 is 0 Å². The molecule has 0 aromatic rings. The van der Waals surface area contributed by atoms with Crippen molar-refractivity contribution in [1.29, 1.82) is 0 Å². The van der Waals surface area contributed by atoms with Gasteiger partial charge in [-0.1, -0.05) is 13.8 Å². The van der Waals surface area contributed by atoms with Gasteiger partial charge in [0.2, 0.25) is 11.8 Å². The zero-order valence-electron chi connectivity index (χ0n) is 12.7. The van der Waals surface area contributed by atoms with Crippen LogP contribution < -0.4 is 11.1 Å². The first-order valence-corrected chi connectivity index (χ1v) is 7.37. The lowest BCUT2D eigenvalue weighted by Crippen LogP contribution is -2.51. The van der Waals surface area contributed by atoms with E-state index in [1.54, 1.807) is 0 Å². The van der Waals surface area contributed by atoms with E-state index in [4.69, 9.17) is 10.8 Å². The first-order chi connectivity index (χ1) is 9.81. The summed E-state index contributed by atoms with van der Waals surface area (Å²) in [6.45, 7) is 5.01. The van der Waals surface area contributed by atoms with Gasteiger partial charge in [-0.05, 0) is 19.3 Å². The van der Waals surface area contributed by atoms with Crippen LogP contribution in [0.4, 0.5) is 0 Å². The molecule has 1 aliphatic heterocycles. The number of carbonyl (C=O) groups excluding carboxylic acids is 2. The number of carboxylic acids is 1. The first kappa shape index (κ1) is 17.4. The molecule has 1 aliphatic rings. The summed E-state index contributed by atoms with van der Waals surface area (Å²) in [5.74, 6) is -1.15. The lowest BCUT2D eigenvalue weighted by molar-refractivity contribution is -0.137. The smallest absolute Gasteiger partial charge is 0.303 e. The molecule has 0 aromatic heterocycles. The summed E-state index contributed by atoms with van der Waals surface area (Å²) in [4.78, 5) is 35.9. The molecule has 21 heavy (non-hydrogen) atoms. The van der Waals surface area contributed by atoms with Crippen molar-refractivity contribution in [3.05, 3.63) is 0 Å². The fourth-order valence-corrected chi connectivity index (χ4v) is 2.33. The molecule has 0 aliphatic carbocycles. The van der Waals surface area contributed by atoms with Gasteiger partial charge < -0.3 is 21.1 Å². The Morgan fingerprint density at radius 3 is 2.33 bits per heavy atom. The normalized spacial score (nSPS) is 17.6. The summed E-state index contributed by atoms with van der Waals surface area (Å²) in [5.41, 5.74) is 5.66. The number of nitrogens with zero attached hydrogens (tertiary/aromatic N) is 1. The van der Waals surface area contributed by atoms with E-state index >= 15 is 0 Å². The number of aliphatic carboxylic acids is 1. The Balaban J connectivity index is 2.33. The number of rotatable bonds is 6. The molecule has 1 saturated heterocycles. The van der Waals surface area contributed by atoms with Crippen molar-refractivity contribution >= 4 is 17.8 Å². The van der Waals surface area contributed by atoms with Crippen LogP contribution in [0.1, 0.15) is 39.5 Å². The molecule has 0 bridgehead atoms. The van der Waals surface area contributed by atoms with E-state index in [1.165, 1.54) is 0 Å². The lowest BCUT2D eigenvalue weighted by atomic mass is 10.0. The molecule has 0 saturated carbocycles. The highest BCUT2D eigenvalue weighted by Gasteiger charge is 2.26. The molecule has 0 radical (unpaired) electrons. The number of nitrogens with two attached hydrogens (primary N) is 1. The minimum atomic E-state index is -0.959.